The first-order valence-electron chi connectivity index (χ1n) is 11.9. The molecular weight excluding hydrogens is 400 g/mol. The van der Waals surface area contributed by atoms with Crippen molar-refractivity contribution in [2.75, 3.05) is 5.32 Å². The van der Waals surface area contributed by atoms with Gasteiger partial charge in [-0.3, -0.25) is 9.59 Å². The molecule has 32 heavy (non-hydrogen) atoms. The molecule has 6 nitrogen and oxygen atoms in total. The molecular formula is C26H30N4O2. The zero-order valence-corrected chi connectivity index (χ0v) is 18.3. The Morgan fingerprint density at radius 2 is 1.59 bits per heavy atom. The van der Waals surface area contributed by atoms with Crippen LogP contribution in [-0.4, -0.2) is 27.8 Å². The first kappa shape index (κ1) is 20.7. The van der Waals surface area contributed by atoms with Crippen LogP contribution in [0.25, 0.3) is 22.4 Å². The molecule has 0 spiro atoms. The number of carbonyl (C=O) groups is 2. The van der Waals surface area contributed by atoms with Gasteiger partial charge in [-0.15, -0.1) is 0 Å². The molecule has 0 saturated heterocycles. The van der Waals surface area contributed by atoms with E-state index in [1.165, 1.54) is 19.3 Å². The molecule has 5 rings (SSSR count). The number of nitrogens with one attached hydrogen (secondary N) is 3. The number of hydrogen-bond donors (Lipinski definition) is 3. The van der Waals surface area contributed by atoms with Gasteiger partial charge in [0.1, 0.15) is 5.82 Å². The van der Waals surface area contributed by atoms with Gasteiger partial charge in [-0.05, 0) is 56.0 Å². The van der Waals surface area contributed by atoms with E-state index in [1.807, 2.05) is 42.5 Å². The van der Waals surface area contributed by atoms with Gasteiger partial charge >= 0.3 is 0 Å². The summed E-state index contributed by atoms with van der Waals surface area (Å²) in [6.07, 6.45) is 10.1. The molecule has 1 heterocycles. The zero-order valence-electron chi connectivity index (χ0n) is 18.3. The molecule has 0 unspecified atom stereocenters. The van der Waals surface area contributed by atoms with Crippen molar-refractivity contribution < 1.29 is 9.59 Å². The molecule has 1 aromatic heterocycles. The maximum Gasteiger partial charge on any atom is 0.251 e. The average molecular weight is 431 g/mol. The van der Waals surface area contributed by atoms with Crippen molar-refractivity contribution in [3.63, 3.8) is 0 Å². The van der Waals surface area contributed by atoms with Crippen molar-refractivity contribution >= 4 is 28.5 Å². The van der Waals surface area contributed by atoms with E-state index in [9.17, 15) is 9.59 Å². The van der Waals surface area contributed by atoms with Crippen LogP contribution in [0.1, 0.15) is 68.1 Å². The highest BCUT2D eigenvalue weighted by atomic mass is 16.2. The van der Waals surface area contributed by atoms with E-state index in [-0.39, 0.29) is 17.7 Å². The van der Waals surface area contributed by atoms with E-state index in [2.05, 4.69) is 20.6 Å². The Balaban J connectivity index is 1.27. The molecule has 6 heteroatoms. The lowest BCUT2D eigenvalue weighted by atomic mass is 9.95. The van der Waals surface area contributed by atoms with Gasteiger partial charge in [0, 0.05) is 28.8 Å². The standard InChI is InChI=1S/C26H30N4O2/c31-25(18-6-4-5-7-18)28-21-14-15-22-23(16-21)30-24(29-22)17-10-12-19(13-11-17)26(32)27-20-8-2-1-3-9-20/h10-16,18,20H,1-9H2,(H,27,32)(H,28,31)(H,29,30). The number of H-pyrrole nitrogens is 1. The first-order valence-corrected chi connectivity index (χ1v) is 11.9. The number of aromatic amines is 1. The second-order valence-corrected chi connectivity index (χ2v) is 9.17. The summed E-state index contributed by atoms with van der Waals surface area (Å²) in [6, 6.07) is 13.6. The van der Waals surface area contributed by atoms with Crippen LogP contribution < -0.4 is 10.6 Å². The predicted octanol–water partition coefficient (Wildman–Crippen LogP) is 5.42. The number of fused-ring (bicyclic) bond motifs is 1. The van der Waals surface area contributed by atoms with Gasteiger partial charge in [-0.2, -0.15) is 0 Å². The lowest BCUT2D eigenvalue weighted by Crippen LogP contribution is -2.36. The number of amides is 2. The molecule has 2 amide bonds. The SMILES string of the molecule is O=C(NC1CCCCC1)c1ccc(-c2nc3ccc(NC(=O)C4CCCC4)cc3[nH]2)cc1. The van der Waals surface area contributed by atoms with Gasteiger partial charge in [0.2, 0.25) is 5.91 Å². The summed E-state index contributed by atoms with van der Waals surface area (Å²) in [4.78, 5) is 33.0. The minimum absolute atomic E-state index is 0.00398. The molecule has 2 saturated carbocycles. The molecule has 3 aromatic rings. The molecule has 2 aliphatic carbocycles. The molecule has 2 fully saturated rings. The van der Waals surface area contributed by atoms with Gasteiger partial charge < -0.3 is 15.6 Å². The monoisotopic (exact) mass is 430 g/mol. The maximum atomic E-state index is 12.6. The second kappa shape index (κ2) is 9.15. The average Bonchev–Trinajstić information content (AvgIpc) is 3.50. The number of hydrogen-bond acceptors (Lipinski definition) is 3. The Morgan fingerprint density at radius 1 is 0.875 bits per heavy atom. The minimum atomic E-state index is -0.00398. The fourth-order valence-electron chi connectivity index (χ4n) is 4.95. The molecule has 0 aliphatic heterocycles. The van der Waals surface area contributed by atoms with Crippen LogP contribution in [0.5, 0.6) is 0 Å². The Morgan fingerprint density at radius 3 is 2.34 bits per heavy atom. The zero-order chi connectivity index (χ0) is 21.9. The molecule has 0 radical (unpaired) electrons. The van der Waals surface area contributed by atoms with Crippen LogP contribution in [0.2, 0.25) is 0 Å². The van der Waals surface area contributed by atoms with E-state index in [1.54, 1.807) is 0 Å². The number of imidazole rings is 1. The van der Waals surface area contributed by atoms with Crippen molar-refractivity contribution in [3.8, 4) is 11.4 Å². The summed E-state index contributed by atoms with van der Waals surface area (Å²) in [5, 5.41) is 6.21. The molecule has 0 bridgehead atoms. The highest BCUT2D eigenvalue weighted by Gasteiger charge is 2.22. The Labute approximate surface area is 188 Å². The van der Waals surface area contributed by atoms with Gasteiger partial charge in [0.25, 0.3) is 5.91 Å². The van der Waals surface area contributed by atoms with Crippen LogP contribution in [0, 0.1) is 5.92 Å². The van der Waals surface area contributed by atoms with E-state index in [4.69, 9.17) is 0 Å². The quantitative estimate of drug-likeness (QED) is 0.505. The topological polar surface area (TPSA) is 86.9 Å². The van der Waals surface area contributed by atoms with E-state index >= 15 is 0 Å². The summed E-state index contributed by atoms with van der Waals surface area (Å²) in [6.45, 7) is 0. The van der Waals surface area contributed by atoms with Crippen molar-refractivity contribution in [2.24, 2.45) is 5.92 Å². The highest BCUT2D eigenvalue weighted by Crippen LogP contribution is 2.27. The Hall–Kier alpha value is -3.15. The summed E-state index contributed by atoms with van der Waals surface area (Å²) >= 11 is 0. The van der Waals surface area contributed by atoms with Gasteiger partial charge in [0.15, 0.2) is 0 Å². The molecule has 3 N–H and O–H groups in total. The molecule has 2 aromatic carbocycles. The Kier molecular flexibility index (Phi) is 5.93. The van der Waals surface area contributed by atoms with Crippen LogP contribution >= 0.6 is 0 Å². The third-order valence-corrected chi connectivity index (χ3v) is 6.84. The van der Waals surface area contributed by atoms with E-state index in [0.29, 0.717) is 11.6 Å². The summed E-state index contributed by atoms with van der Waals surface area (Å²) in [5.74, 6) is 0.995. The fourth-order valence-corrected chi connectivity index (χ4v) is 4.95. The van der Waals surface area contributed by atoms with Crippen LogP contribution in [-0.2, 0) is 4.79 Å². The summed E-state index contributed by atoms with van der Waals surface area (Å²) in [7, 11) is 0. The van der Waals surface area contributed by atoms with Crippen molar-refractivity contribution in [3.05, 3.63) is 48.0 Å². The third kappa shape index (κ3) is 4.54. The largest absolute Gasteiger partial charge is 0.349 e. The summed E-state index contributed by atoms with van der Waals surface area (Å²) < 4.78 is 0. The maximum absolute atomic E-state index is 12.6. The Bertz CT molecular complexity index is 1110. The van der Waals surface area contributed by atoms with Crippen LogP contribution in [0.4, 0.5) is 5.69 Å². The summed E-state index contributed by atoms with van der Waals surface area (Å²) in [5.41, 5.74) is 4.11. The van der Waals surface area contributed by atoms with E-state index in [0.717, 1.165) is 66.6 Å². The van der Waals surface area contributed by atoms with E-state index < -0.39 is 0 Å². The smallest absolute Gasteiger partial charge is 0.251 e. The number of benzene rings is 2. The first-order chi connectivity index (χ1) is 15.7. The van der Waals surface area contributed by atoms with Crippen molar-refractivity contribution in [1.29, 1.82) is 0 Å². The molecule has 2 aliphatic rings. The number of rotatable bonds is 5. The number of nitrogens with zero attached hydrogens (tertiary/aromatic N) is 1. The van der Waals surface area contributed by atoms with Crippen LogP contribution in [0.3, 0.4) is 0 Å². The highest BCUT2D eigenvalue weighted by molar-refractivity contribution is 5.96. The van der Waals surface area contributed by atoms with Gasteiger partial charge in [-0.1, -0.05) is 44.2 Å². The lowest BCUT2D eigenvalue weighted by molar-refractivity contribution is -0.119. The van der Waals surface area contributed by atoms with Gasteiger partial charge in [0.05, 0.1) is 11.0 Å². The normalized spacial score (nSPS) is 17.5. The lowest BCUT2D eigenvalue weighted by Gasteiger charge is -2.22. The second-order valence-electron chi connectivity index (χ2n) is 9.17. The molecule has 0 atom stereocenters. The number of aromatic nitrogens is 2. The van der Waals surface area contributed by atoms with Crippen molar-refractivity contribution in [1.82, 2.24) is 15.3 Å². The number of anilines is 1. The third-order valence-electron chi connectivity index (χ3n) is 6.84. The number of carbonyl (C=O) groups excluding carboxylic acids is 2. The van der Waals surface area contributed by atoms with Gasteiger partial charge in [-0.25, -0.2) is 4.98 Å². The van der Waals surface area contributed by atoms with Crippen molar-refractivity contribution in [2.45, 2.75) is 63.8 Å². The predicted molar refractivity (Wildman–Crippen MR) is 126 cm³/mol. The molecule has 166 valence electrons. The minimum Gasteiger partial charge on any atom is -0.349 e. The van der Waals surface area contributed by atoms with Crippen LogP contribution in [0.15, 0.2) is 42.5 Å². The fraction of sp³-hybridized carbons (Fsp3) is 0.423.